The normalized spacial score (nSPS) is 18.4. The number of benzene rings is 1. The second-order valence-corrected chi connectivity index (χ2v) is 6.07. The first kappa shape index (κ1) is 16.6. The Labute approximate surface area is 140 Å². The van der Waals surface area contributed by atoms with Crippen molar-refractivity contribution in [3.05, 3.63) is 47.5 Å². The van der Waals surface area contributed by atoms with Crippen molar-refractivity contribution in [2.24, 2.45) is 5.73 Å². The second kappa shape index (κ2) is 7.53. The Kier molecular flexibility index (Phi) is 5.20. The molecule has 1 aromatic heterocycles. The number of halogens is 1. The van der Waals surface area contributed by atoms with E-state index in [1.807, 2.05) is 6.07 Å². The molecule has 1 aliphatic heterocycles. The Bertz CT molecular complexity index is 702. The molecular weight excluding hydrogens is 309 g/mol. The minimum atomic E-state index is -0.280. The number of amides is 1. The van der Waals surface area contributed by atoms with Gasteiger partial charge in [-0.3, -0.25) is 9.48 Å². The highest BCUT2D eigenvalue weighted by atomic mass is 19.1. The van der Waals surface area contributed by atoms with Gasteiger partial charge in [0.1, 0.15) is 5.82 Å². The molecule has 2 aromatic rings. The Hall–Kier alpha value is -2.28. The summed E-state index contributed by atoms with van der Waals surface area (Å²) < 4.78 is 15.2. The largest absolute Gasteiger partial charge is 0.330 e. The van der Waals surface area contributed by atoms with Crippen molar-refractivity contribution >= 4 is 5.91 Å². The molecule has 2 heterocycles. The van der Waals surface area contributed by atoms with Gasteiger partial charge in [0.25, 0.3) is 5.91 Å². The van der Waals surface area contributed by atoms with Crippen molar-refractivity contribution < 1.29 is 9.18 Å². The van der Waals surface area contributed by atoms with Crippen molar-refractivity contribution in [2.75, 3.05) is 13.1 Å². The molecule has 1 aliphatic rings. The lowest BCUT2D eigenvalue weighted by atomic mass is 10.0. The molecule has 1 aromatic carbocycles. The Balaban J connectivity index is 1.87. The predicted molar refractivity (Wildman–Crippen MR) is 87.7 cm³/mol. The number of hydrogen-bond acceptors (Lipinski definition) is 4. The third-order valence-electron chi connectivity index (χ3n) is 4.36. The number of likely N-dealkylation sites (tertiary alicyclic amines) is 1. The lowest BCUT2D eigenvalue weighted by molar-refractivity contribution is 0.0674. The van der Waals surface area contributed by atoms with E-state index in [0.29, 0.717) is 25.3 Å². The third-order valence-corrected chi connectivity index (χ3v) is 4.36. The molecule has 1 amide bonds. The quantitative estimate of drug-likeness (QED) is 0.931. The van der Waals surface area contributed by atoms with Crippen molar-refractivity contribution in [1.29, 1.82) is 0 Å². The summed E-state index contributed by atoms with van der Waals surface area (Å²) >= 11 is 0. The van der Waals surface area contributed by atoms with Crippen LogP contribution < -0.4 is 5.73 Å². The smallest absolute Gasteiger partial charge is 0.276 e. The first-order chi connectivity index (χ1) is 11.7. The molecule has 0 spiro atoms. The number of nitrogens with two attached hydrogens (primary N) is 1. The topological polar surface area (TPSA) is 77.0 Å². The SMILES string of the molecule is NCCn1cc(C(=O)N2CCCCC[C@@H]2c2cccc(F)c2)nn1. The fourth-order valence-corrected chi connectivity index (χ4v) is 3.20. The van der Waals surface area contributed by atoms with Gasteiger partial charge in [0.2, 0.25) is 0 Å². The number of nitrogens with zero attached hydrogens (tertiary/aromatic N) is 4. The lowest BCUT2D eigenvalue weighted by Crippen LogP contribution is -2.35. The molecule has 0 aliphatic carbocycles. The molecule has 1 atom stereocenters. The summed E-state index contributed by atoms with van der Waals surface area (Å²) in [6, 6.07) is 6.38. The second-order valence-electron chi connectivity index (χ2n) is 6.07. The van der Waals surface area contributed by atoms with E-state index in [1.165, 1.54) is 12.1 Å². The zero-order valence-corrected chi connectivity index (χ0v) is 13.6. The Morgan fingerprint density at radius 2 is 2.21 bits per heavy atom. The molecular formula is C17H22FN5O. The van der Waals surface area contributed by atoms with E-state index in [0.717, 1.165) is 31.2 Å². The minimum absolute atomic E-state index is 0.129. The van der Waals surface area contributed by atoms with E-state index in [-0.39, 0.29) is 17.8 Å². The van der Waals surface area contributed by atoms with E-state index < -0.39 is 0 Å². The fourth-order valence-electron chi connectivity index (χ4n) is 3.20. The van der Waals surface area contributed by atoms with Gasteiger partial charge < -0.3 is 10.6 Å². The summed E-state index contributed by atoms with van der Waals surface area (Å²) in [4.78, 5) is 14.7. The fraction of sp³-hybridized carbons (Fsp3) is 0.471. The standard InChI is InChI=1S/C17H22FN5O/c18-14-6-4-5-13(11-14)16-7-2-1-3-9-23(16)17(24)15-12-22(10-8-19)21-20-15/h4-6,11-12,16H,1-3,7-10,19H2/t16-/m1/s1. The maximum atomic E-state index is 13.6. The molecule has 6 nitrogen and oxygen atoms in total. The average Bonchev–Trinajstić information content (AvgIpc) is 2.90. The van der Waals surface area contributed by atoms with E-state index in [4.69, 9.17) is 5.73 Å². The summed E-state index contributed by atoms with van der Waals surface area (Å²) in [6.45, 7) is 1.60. The molecule has 128 valence electrons. The first-order valence-electron chi connectivity index (χ1n) is 8.35. The van der Waals surface area contributed by atoms with Crippen molar-refractivity contribution in [3.8, 4) is 0 Å². The zero-order chi connectivity index (χ0) is 16.9. The van der Waals surface area contributed by atoms with Gasteiger partial charge in [-0.25, -0.2) is 4.39 Å². The lowest BCUT2D eigenvalue weighted by Gasteiger charge is -2.29. The van der Waals surface area contributed by atoms with Gasteiger partial charge in [0.15, 0.2) is 5.69 Å². The van der Waals surface area contributed by atoms with Gasteiger partial charge in [-0.2, -0.15) is 0 Å². The van der Waals surface area contributed by atoms with Gasteiger partial charge in [-0.05, 0) is 30.5 Å². The van der Waals surface area contributed by atoms with Gasteiger partial charge in [0, 0.05) is 13.1 Å². The highest BCUT2D eigenvalue weighted by molar-refractivity contribution is 5.92. The number of carbonyl (C=O) groups is 1. The molecule has 0 saturated carbocycles. The van der Waals surface area contributed by atoms with Crippen molar-refractivity contribution in [3.63, 3.8) is 0 Å². The van der Waals surface area contributed by atoms with E-state index in [9.17, 15) is 9.18 Å². The number of carbonyl (C=O) groups excluding carboxylic acids is 1. The van der Waals surface area contributed by atoms with Crippen LogP contribution in [0.1, 0.15) is 47.8 Å². The molecule has 0 unspecified atom stereocenters. The molecule has 24 heavy (non-hydrogen) atoms. The third kappa shape index (κ3) is 3.62. The molecule has 2 N–H and O–H groups in total. The van der Waals surface area contributed by atoms with Crippen molar-refractivity contribution in [2.45, 2.75) is 38.3 Å². The monoisotopic (exact) mass is 331 g/mol. The molecule has 7 heteroatoms. The highest BCUT2D eigenvalue weighted by Crippen LogP contribution is 2.31. The van der Waals surface area contributed by atoms with Crippen LogP contribution in [0.25, 0.3) is 0 Å². The number of rotatable bonds is 4. The Morgan fingerprint density at radius 1 is 1.33 bits per heavy atom. The van der Waals surface area contributed by atoms with E-state index in [1.54, 1.807) is 21.8 Å². The van der Waals surface area contributed by atoms with Gasteiger partial charge in [-0.15, -0.1) is 5.10 Å². The highest BCUT2D eigenvalue weighted by Gasteiger charge is 2.29. The summed E-state index contributed by atoms with van der Waals surface area (Å²) in [7, 11) is 0. The molecule has 0 radical (unpaired) electrons. The predicted octanol–water partition coefficient (Wildman–Crippen LogP) is 2.13. The average molecular weight is 331 g/mol. The van der Waals surface area contributed by atoms with Crippen LogP contribution in [0.5, 0.6) is 0 Å². The summed E-state index contributed by atoms with van der Waals surface area (Å²) in [6.07, 6.45) is 5.48. The first-order valence-corrected chi connectivity index (χ1v) is 8.35. The van der Waals surface area contributed by atoms with Crippen LogP contribution in [0, 0.1) is 5.82 Å². The summed E-state index contributed by atoms with van der Waals surface area (Å²) in [5.74, 6) is -0.438. The van der Waals surface area contributed by atoms with Crippen LogP contribution >= 0.6 is 0 Å². The van der Waals surface area contributed by atoms with Gasteiger partial charge in [-0.1, -0.05) is 30.2 Å². The van der Waals surface area contributed by atoms with Crippen molar-refractivity contribution in [1.82, 2.24) is 19.9 Å². The Morgan fingerprint density at radius 3 is 3.00 bits per heavy atom. The number of hydrogen-bond donors (Lipinski definition) is 1. The van der Waals surface area contributed by atoms with E-state index >= 15 is 0 Å². The van der Waals surface area contributed by atoms with Crippen LogP contribution in [0.15, 0.2) is 30.5 Å². The summed E-state index contributed by atoms with van der Waals surface area (Å²) in [5, 5.41) is 7.91. The maximum absolute atomic E-state index is 13.6. The molecule has 1 saturated heterocycles. The number of aromatic nitrogens is 3. The van der Waals surface area contributed by atoms with Gasteiger partial charge in [0.05, 0.1) is 18.8 Å². The molecule has 1 fully saturated rings. The zero-order valence-electron chi connectivity index (χ0n) is 13.6. The van der Waals surface area contributed by atoms with Crippen LogP contribution in [0.4, 0.5) is 4.39 Å². The van der Waals surface area contributed by atoms with Gasteiger partial charge >= 0.3 is 0 Å². The molecule has 0 bridgehead atoms. The van der Waals surface area contributed by atoms with Crippen LogP contribution in [0.2, 0.25) is 0 Å². The van der Waals surface area contributed by atoms with E-state index in [2.05, 4.69) is 10.3 Å². The molecule has 3 rings (SSSR count). The maximum Gasteiger partial charge on any atom is 0.276 e. The van der Waals surface area contributed by atoms with Crippen LogP contribution in [0.3, 0.4) is 0 Å². The minimum Gasteiger partial charge on any atom is -0.330 e. The van der Waals surface area contributed by atoms with Crippen LogP contribution in [-0.2, 0) is 6.54 Å². The summed E-state index contributed by atoms with van der Waals surface area (Å²) in [5.41, 5.74) is 6.65. The van der Waals surface area contributed by atoms with Crippen LogP contribution in [-0.4, -0.2) is 38.9 Å².